The molecule has 0 radical (unpaired) electrons. The highest BCUT2D eigenvalue weighted by Gasteiger charge is 2.18. The van der Waals surface area contributed by atoms with Gasteiger partial charge in [0.2, 0.25) is 0 Å². The monoisotopic (exact) mass is 371 g/mol. The lowest BCUT2D eigenvalue weighted by atomic mass is 9.94. The van der Waals surface area contributed by atoms with Crippen LogP contribution in [0.1, 0.15) is 19.3 Å². The van der Waals surface area contributed by atoms with Crippen molar-refractivity contribution in [3.05, 3.63) is 72.1 Å². The normalized spacial score (nSPS) is 11.3. The number of nitrogen functional groups attached to an aromatic ring is 1. The summed E-state index contributed by atoms with van der Waals surface area (Å²) in [4.78, 5) is 0. The number of nitrogens with zero attached hydrogens (tertiary/aromatic N) is 1. The van der Waals surface area contributed by atoms with Crippen molar-refractivity contribution in [1.29, 1.82) is 5.41 Å². The maximum Gasteiger partial charge on any atom is 0.0739 e. The van der Waals surface area contributed by atoms with Crippen molar-refractivity contribution in [3.8, 4) is 22.5 Å². The zero-order valence-electron chi connectivity index (χ0n) is 16.1. The van der Waals surface area contributed by atoms with E-state index in [0.717, 1.165) is 49.1 Å². The van der Waals surface area contributed by atoms with Gasteiger partial charge in [0.1, 0.15) is 0 Å². The van der Waals surface area contributed by atoms with Crippen molar-refractivity contribution in [3.63, 3.8) is 0 Å². The van der Waals surface area contributed by atoms with Crippen LogP contribution < -0.4 is 16.8 Å². The number of benzene rings is 3. The molecule has 4 nitrogen and oxygen atoms in total. The fourth-order valence-electron chi connectivity index (χ4n) is 4.00. The lowest BCUT2D eigenvalue weighted by Gasteiger charge is -2.24. The summed E-state index contributed by atoms with van der Waals surface area (Å²) in [6.45, 7) is 1.89. The van der Waals surface area contributed by atoms with E-state index in [9.17, 15) is 0 Å². The Morgan fingerprint density at radius 3 is 2.46 bits per heavy atom. The van der Waals surface area contributed by atoms with Crippen molar-refractivity contribution in [2.75, 3.05) is 12.3 Å². The number of pyridine rings is 1. The molecule has 2 aromatic rings. The average Bonchev–Trinajstić information content (AvgIpc) is 2.71. The first-order valence-electron chi connectivity index (χ1n) is 9.94. The van der Waals surface area contributed by atoms with E-state index in [0.29, 0.717) is 5.36 Å². The zero-order valence-corrected chi connectivity index (χ0v) is 16.1. The summed E-state index contributed by atoms with van der Waals surface area (Å²) in [5, 5.41) is 11.1. The lowest BCUT2D eigenvalue weighted by molar-refractivity contribution is -0.368. The Morgan fingerprint density at radius 1 is 0.857 bits per heavy atom. The standard InChI is InChI=1S/C24H26N4/c25-13-5-2-6-14-28-23-16-19(27)10-12-21(23)20-11-9-18(26)15-22(20)24(28)17-7-3-1-4-8-17/h1,3-4,7-12,15-16,27H,2,5-6,13-14,25-26H2/p+1. The maximum absolute atomic E-state index is 8.19. The molecule has 4 rings (SSSR count). The van der Waals surface area contributed by atoms with Crippen molar-refractivity contribution < 1.29 is 5.73 Å². The highest BCUT2D eigenvalue weighted by molar-refractivity contribution is 6.05. The zero-order chi connectivity index (χ0) is 19.5. The molecule has 0 aromatic heterocycles. The number of anilines is 1. The topological polar surface area (TPSA) is 82.4 Å². The molecule has 2 aliphatic rings. The molecular formula is C24H27N4+. The second kappa shape index (κ2) is 7.87. The Kier molecular flexibility index (Phi) is 5.13. The van der Waals surface area contributed by atoms with E-state index in [2.05, 4.69) is 52.8 Å². The van der Waals surface area contributed by atoms with Crippen LogP contribution >= 0.6 is 0 Å². The van der Waals surface area contributed by atoms with Crippen LogP contribution in [0.3, 0.4) is 0 Å². The van der Waals surface area contributed by atoms with E-state index < -0.39 is 0 Å². The van der Waals surface area contributed by atoms with Gasteiger partial charge in [-0.3, -0.25) is 0 Å². The minimum absolute atomic E-state index is 0.535. The number of nitrogens with two attached hydrogens (primary N) is 1. The molecule has 0 unspecified atom stereocenters. The molecule has 4 heteroatoms. The quantitative estimate of drug-likeness (QED) is 0.268. The summed E-state index contributed by atoms with van der Waals surface area (Å²) in [6, 6.07) is 22.6. The molecule has 0 amide bonds. The van der Waals surface area contributed by atoms with Gasteiger partial charge in [-0.05, 0) is 54.5 Å². The lowest BCUT2D eigenvalue weighted by Crippen LogP contribution is -2.50. The number of fused-ring (bicyclic) bond motifs is 3. The maximum atomic E-state index is 8.19. The Hall–Kier alpha value is -3.11. The van der Waals surface area contributed by atoms with Crippen LogP contribution in [0.2, 0.25) is 0 Å². The predicted molar refractivity (Wildman–Crippen MR) is 116 cm³/mol. The minimum atomic E-state index is 0.535. The van der Waals surface area contributed by atoms with Crippen molar-refractivity contribution in [2.45, 2.75) is 25.8 Å². The van der Waals surface area contributed by atoms with Crippen molar-refractivity contribution in [1.82, 2.24) is 4.57 Å². The van der Waals surface area contributed by atoms with Crippen LogP contribution in [-0.2, 0) is 6.54 Å². The SMILES string of the molecule is N=c1ccc2c3ccc(N)cc3c(-c3ccccc3)n(CCCCC[NH3+])c-2c1. The largest absolute Gasteiger partial charge is 0.399 e. The van der Waals surface area contributed by atoms with Gasteiger partial charge >= 0.3 is 0 Å². The van der Waals surface area contributed by atoms with Gasteiger partial charge in [-0.1, -0.05) is 42.5 Å². The Balaban J connectivity index is 2.06. The molecule has 1 heterocycles. The van der Waals surface area contributed by atoms with Crippen LogP contribution in [0.4, 0.5) is 5.69 Å². The van der Waals surface area contributed by atoms with Crippen LogP contribution in [-0.4, -0.2) is 11.1 Å². The van der Waals surface area contributed by atoms with Gasteiger partial charge in [-0.15, -0.1) is 0 Å². The Bertz CT molecular complexity index is 1130. The fraction of sp³-hybridized carbons (Fsp3) is 0.208. The minimum Gasteiger partial charge on any atom is -0.399 e. The second-order valence-corrected chi connectivity index (χ2v) is 7.32. The van der Waals surface area contributed by atoms with Gasteiger partial charge in [-0.25, -0.2) is 0 Å². The number of quaternary nitrogens is 1. The van der Waals surface area contributed by atoms with E-state index in [1.807, 2.05) is 24.3 Å². The van der Waals surface area contributed by atoms with Crippen LogP contribution in [0, 0.1) is 5.41 Å². The summed E-state index contributed by atoms with van der Waals surface area (Å²) >= 11 is 0. The number of hydrogen-bond acceptors (Lipinski definition) is 2. The molecule has 6 N–H and O–H groups in total. The molecular weight excluding hydrogens is 344 g/mol. The van der Waals surface area contributed by atoms with E-state index >= 15 is 0 Å². The van der Waals surface area contributed by atoms with E-state index in [1.165, 1.54) is 22.2 Å². The van der Waals surface area contributed by atoms with Crippen LogP contribution in [0.5, 0.6) is 0 Å². The first-order chi connectivity index (χ1) is 13.7. The van der Waals surface area contributed by atoms with Gasteiger partial charge in [-0.2, -0.15) is 0 Å². The second-order valence-electron chi connectivity index (χ2n) is 7.32. The number of rotatable bonds is 6. The Labute approximate surface area is 165 Å². The number of hydrogen-bond donors (Lipinski definition) is 3. The van der Waals surface area contributed by atoms with E-state index in [4.69, 9.17) is 11.1 Å². The highest BCUT2D eigenvalue weighted by atomic mass is 15.0. The molecule has 1 aliphatic carbocycles. The predicted octanol–water partition coefficient (Wildman–Crippen LogP) is 3.89. The van der Waals surface area contributed by atoms with Crippen LogP contribution in [0.25, 0.3) is 33.3 Å². The number of aromatic nitrogens is 1. The van der Waals surface area contributed by atoms with Crippen molar-refractivity contribution in [2.24, 2.45) is 0 Å². The highest BCUT2D eigenvalue weighted by Crippen LogP contribution is 2.39. The molecule has 0 fully saturated rings. The third-order valence-electron chi connectivity index (χ3n) is 5.33. The van der Waals surface area contributed by atoms with Gasteiger partial charge in [0.15, 0.2) is 0 Å². The van der Waals surface area contributed by atoms with Gasteiger partial charge in [0.25, 0.3) is 0 Å². The third kappa shape index (κ3) is 3.39. The van der Waals surface area contributed by atoms with E-state index in [1.54, 1.807) is 0 Å². The Morgan fingerprint density at radius 2 is 1.68 bits per heavy atom. The summed E-state index contributed by atoms with van der Waals surface area (Å²) in [7, 11) is 0. The molecule has 0 saturated heterocycles. The summed E-state index contributed by atoms with van der Waals surface area (Å²) < 4.78 is 2.38. The first kappa shape index (κ1) is 18.3. The molecule has 28 heavy (non-hydrogen) atoms. The van der Waals surface area contributed by atoms with Gasteiger partial charge in [0.05, 0.1) is 23.3 Å². The summed E-state index contributed by atoms with van der Waals surface area (Å²) in [5.41, 5.74) is 15.5. The molecule has 2 aromatic carbocycles. The third-order valence-corrected chi connectivity index (χ3v) is 5.33. The molecule has 0 spiro atoms. The summed E-state index contributed by atoms with van der Waals surface area (Å²) in [5.74, 6) is 0. The molecule has 0 saturated carbocycles. The summed E-state index contributed by atoms with van der Waals surface area (Å²) in [6.07, 6.45) is 3.39. The number of unbranched alkanes of at least 4 members (excludes halogenated alkanes) is 2. The molecule has 1 aliphatic heterocycles. The fourth-order valence-corrected chi connectivity index (χ4v) is 4.00. The van der Waals surface area contributed by atoms with Gasteiger partial charge in [0, 0.05) is 23.2 Å². The van der Waals surface area contributed by atoms with Crippen molar-refractivity contribution >= 4 is 16.5 Å². The van der Waals surface area contributed by atoms with E-state index in [-0.39, 0.29) is 0 Å². The molecule has 142 valence electrons. The first-order valence-corrected chi connectivity index (χ1v) is 9.94. The number of nitrogens with one attached hydrogen (secondary N) is 1. The van der Waals surface area contributed by atoms with Crippen LogP contribution in [0.15, 0.2) is 66.7 Å². The molecule has 0 bridgehead atoms. The smallest absolute Gasteiger partial charge is 0.0739 e. The molecule has 0 atom stereocenters. The average molecular weight is 372 g/mol. The van der Waals surface area contributed by atoms with Gasteiger partial charge < -0.3 is 21.4 Å².